The lowest BCUT2D eigenvalue weighted by molar-refractivity contribution is 0.261. The minimum absolute atomic E-state index is 0.585. The van der Waals surface area contributed by atoms with Gasteiger partial charge in [-0.2, -0.15) is 0 Å². The number of hydrogen-bond donors (Lipinski definition) is 1. The van der Waals surface area contributed by atoms with Crippen LogP contribution in [0.25, 0.3) is 0 Å². The summed E-state index contributed by atoms with van der Waals surface area (Å²) in [4.78, 5) is 3.11. The minimum Gasteiger partial charge on any atom is -0.491 e. The van der Waals surface area contributed by atoms with Crippen LogP contribution < -0.4 is 14.2 Å². The summed E-state index contributed by atoms with van der Waals surface area (Å²) in [6.07, 6.45) is 0. The first kappa shape index (κ1) is 21.4. The van der Waals surface area contributed by atoms with E-state index in [2.05, 4.69) is 16.5 Å². The highest BCUT2D eigenvalue weighted by molar-refractivity contribution is 8.00. The van der Waals surface area contributed by atoms with E-state index in [0.29, 0.717) is 17.4 Å². The monoisotopic (exact) mass is 428 g/mol. The number of nitrogens with zero attached hydrogens (tertiary/aromatic N) is 1. The Labute approximate surface area is 181 Å². The van der Waals surface area contributed by atoms with Crippen molar-refractivity contribution >= 4 is 29.2 Å². The summed E-state index contributed by atoms with van der Waals surface area (Å²) in [6.45, 7) is 3.47. The van der Waals surface area contributed by atoms with Crippen molar-refractivity contribution in [1.82, 2.24) is 4.90 Å². The number of benzene rings is 3. The van der Waals surface area contributed by atoms with Gasteiger partial charge < -0.3 is 19.1 Å². The Morgan fingerprint density at radius 2 is 1.76 bits per heavy atom. The van der Waals surface area contributed by atoms with Crippen molar-refractivity contribution in [2.24, 2.45) is 0 Å². The molecule has 0 radical (unpaired) electrons. The fourth-order valence-electron chi connectivity index (χ4n) is 2.48. The zero-order chi connectivity index (χ0) is 20.6. The lowest BCUT2D eigenvalue weighted by atomic mass is 10.2. The van der Waals surface area contributed by atoms with Gasteiger partial charge in [0, 0.05) is 23.2 Å². The van der Waals surface area contributed by atoms with E-state index in [1.807, 2.05) is 80.8 Å². The number of nitrogens with one attached hydrogen (secondary N) is 1. The van der Waals surface area contributed by atoms with E-state index >= 15 is 0 Å². The van der Waals surface area contributed by atoms with Crippen LogP contribution in [0.5, 0.6) is 17.2 Å². The number of hydrogen-bond acceptors (Lipinski definition) is 5. The standard InChI is InChI=1S/C23H25ClN2O2S/c1-17-7-10-19(11-8-17)28-20-5-4-6-21(16-20)29-25-18-9-12-22(24)23(15-18)27-14-13-26(2)3/h4-12,15-16,25H,13-14H2,1-3H3. The molecule has 0 bridgehead atoms. The Balaban J connectivity index is 1.60. The van der Waals surface area contributed by atoms with Gasteiger partial charge in [0.2, 0.25) is 0 Å². The molecule has 0 spiro atoms. The van der Waals surface area contributed by atoms with Crippen molar-refractivity contribution in [2.75, 3.05) is 32.0 Å². The Kier molecular flexibility index (Phi) is 7.69. The highest BCUT2D eigenvalue weighted by Crippen LogP contribution is 2.32. The van der Waals surface area contributed by atoms with E-state index in [9.17, 15) is 0 Å². The van der Waals surface area contributed by atoms with Gasteiger partial charge in [0.05, 0.1) is 5.02 Å². The largest absolute Gasteiger partial charge is 0.491 e. The van der Waals surface area contributed by atoms with Crippen LogP contribution in [0.1, 0.15) is 5.56 Å². The molecule has 0 saturated carbocycles. The molecule has 0 heterocycles. The minimum atomic E-state index is 0.585. The number of likely N-dealkylation sites (N-methyl/N-ethyl adjacent to an activating group) is 1. The second kappa shape index (κ2) is 10.4. The first-order valence-corrected chi connectivity index (χ1v) is 10.5. The van der Waals surface area contributed by atoms with Gasteiger partial charge in [0.1, 0.15) is 23.9 Å². The number of anilines is 1. The van der Waals surface area contributed by atoms with E-state index in [0.717, 1.165) is 28.6 Å². The average Bonchev–Trinajstić information content (AvgIpc) is 2.70. The summed E-state index contributed by atoms with van der Waals surface area (Å²) >= 11 is 7.75. The molecule has 6 heteroatoms. The van der Waals surface area contributed by atoms with Crippen LogP contribution in [-0.2, 0) is 0 Å². The molecule has 3 aromatic carbocycles. The van der Waals surface area contributed by atoms with Gasteiger partial charge in [-0.15, -0.1) is 0 Å². The number of halogens is 1. The quantitative estimate of drug-likeness (QED) is 0.393. The summed E-state index contributed by atoms with van der Waals surface area (Å²) < 4.78 is 15.1. The van der Waals surface area contributed by atoms with Crippen LogP contribution in [0, 0.1) is 6.92 Å². The molecule has 0 aliphatic carbocycles. The Morgan fingerprint density at radius 3 is 2.52 bits per heavy atom. The maximum absolute atomic E-state index is 6.25. The molecule has 0 amide bonds. The van der Waals surface area contributed by atoms with Crippen molar-refractivity contribution in [3.05, 3.63) is 77.3 Å². The summed E-state index contributed by atoms with van der Waals surface area (Å²) in [5, 5.41) is 0.604. The first-order valence-electron chi connectivity index (χ1n) is 9.34. The second-order valence-corrected chi connectivity index (χ2v) is 8.18. The number of ether oxygens (including phenoxy) is 2. The summed E-state index contributed by atoms with van der Waals surface area (Å²) in [7, 11) is 4.02. The summed E-state index contributed by atoms with van der Waals surface area (Å²) in [6, 6.07) is 21.7. The van der Waals surface area contributed by atoms with E-state index < -0.39 is 0 Å². The maximum Gasteiger partial charge on any atom is 0.140 e. The van der Waals surface area contributed by atoms with Crippen LogP contribution in [0.2, 0.25) is 5.02 Å². The fraction of sp³-hybridized carbons (Fsp3) is 0.217. The third-order valence-electron chi connectivity index (χ3n) is 4.08. The molecule has 0 aromatic heterocycles. The smallest absolute Gasteiger partial charge is 0.140 e. The second-order valence-electron chi connectivity index (χ2n) is 6.89. The zero-order valence-electron chi connectivity index (χ0n) is 16.8. The maximum atomic E-state index is 6.25. The van der Waals surface area contributed by atoms with Crippen LogP contribution in [0.3, 0.4) is 0 Å². The Hall–Kier alpha value is -2.34. The third-order valence-corrected chi connectivity index (χ3v) is 5.22. The van der Waals surface area contributed by atoms with Gasteiger partial charge in [0.15, 0.2) is 0 Å². The molecule has 4 nitrogen and oxygen atoms in total. The lowest BCUT2D eigenvalue weighted by Crippen LogP contribution is -2.19. The number of rotatable bonds is 9. The molecule has 152 valence electrons. The summed E-state index contributed by atoms with van der Waals surface area (Å²) in [5.41, 5.74) is 2.13. The normalized spacial score (nSPS) is 10.8. The molecule has 0 unspecified atom stereocenters. The van der Waals surface area contributed by atoms with Crippen LogP contribution in [-0.4, -0.2) is 32.1 Å². The fourth-order valence-corrected chi connectivity index (χ4v) is 3.33. The van der Waals surface area contributed by atoms with Gasteiger partial charge in [-0.3, -0.25) is 0 Å². The Morgan fingerprint density at radius 1 is 0.966 bits per heavy atom. The van der Waals surface area contributed by atoms with Gasteiger partial charge >= 0.3 is 0 Å². The van der Waals surface area contributed by atoms with Crippen molar-refractivity contribution in [3.63, 3.8) is 0 Å². The predicted octanol–water partition coefficient (Wildman–Crippen LogP) is 6.50. The van der Waals surface area contributed by atoms with Crippen LogP contribution in [0.15, 0.2) is 71.6 Å². The summed E-state index contributed by atoms with van der Waals surface area (Å²) in [5.74, 6) is 2.29. The Bertz CT molecular complexity index is 932. The molecular formula is C23H25ClN2O2S. The van der Waals surface area contributed by atoms with Crippen molar-refractivity contribution in [1.29, 1.82) is 0 Å². The SMILES string of the molecule is Cc1ccc(Oc2cccc(SNc3ccc(Cl)c(OCCN(C)C)c3)c2)cc1. The molecule has 29 heavy (non-hydrogen) atoms. The van der Waals surface area contributed by atoms with E-state index in [1.54, 1.807) is 0 Å². The van der Waals surface area contributed by atoms with Crippen molar-refractivity contribution in [2.45, 2.75) is 11.8 Å². The van der Waals surface area contributed by atoms with Gasteiger partial charge in [-0.1, -0.05) is 35.4 Å². The molecular weight excluding hydrogens is 404 g/mol. The number of aryl methyl sites for hydroxylation is 1. The predicted molar refractivity (Wildman–Crippen MR) is 123 cm³/mol. The van der Waals surface area contributed by atoms with Crippen molar-refractivity contribution in [3.8, 4) is 17.2 Å². The van der Waals surface area contributed by atoms with Gasteiger partial charge in [-0.25, -0.2) is 0 Å². The topological polar surface area (TPSA) is 33.7 Å². The molecule has 0 fully saturated rings. The third kappa shape index (κ3) is 6.89. The van der Waals surface area contributed by atoms with Crippen LogP contribution in [0.4, 0.5) is 5.69 Å². The molecule has 1 N–H and O–H groups in total. The van der Waals surface area contributed by atoms with E-state index in [4.69, 9.17) is 21.1 Å². The van der Waals surface area contributed by atoms with Gasteiger partial charge in [-0.05, 0) is 75.4 Å². The van der Waals surface area contributed by atoms with Crippen LogP contribution >= 0.6 is 23.5 Å². The highest BCUT2D eigenvalue weighted by atomic mass is 35.5. The first-order chi connectivity index (χ1) is 14.0. The highest BCUT2D eigenvalue weighted by Gasteiger charge is 2.05. The van der Waals surface area contributed by atoms with E-state index in [1.165, 1.54) is 17.5 Å². The van der Waals surface area contributed by atoms with E-state index in [-0.39, 0.29) is 0 Å². The molecule has 0 atom stereocenters. The zero-order valence-corrected chi connectivity index (χ0v) is 18.4. The lowest BCUT2D eigenvalue weighted by Gasteiger charge is -2.13. The molecule has 3 aromatic rings. The van der Waals surface area contributed by atoms with Gasteiger partial charge in [0.25, 0.3) is 0 Å². The average molecular weight is 429 g/mol. The molecule has 0 aliphatic heterocycles. The molecule has 3 rings (SSSR count). The molecule has 0 aliphatic rings. The molecule has 0 saturated heterocycles. The van der Waals surface area contributed by atoms with Crippen molar-refractivity contribution < 1.29 is 9.47 Å².